The van der Waals surface area contributed by atoms with Crippen LogP contribution in [0.2, 0.25) is 0 Å². The number of carbonyl (C=O) groups excluding carboxylic acids is 1. The molecule has 29 heavy (non-hydrogen) atoms. The van der Waals surface area contributed by atoms with E-state index in [9.17, 15) is 4.79 Å². The van der Waals surface area contributed by atoms with E-state index < -0.39 is 0 Å². The number of nitrogens with zero attached hydrogens (tertiary/aromatic N) is 2. The van der Waals surface area contributed by atoms with Crippen LogP contribution in [0.25, 0.3) is 0 Å². The summed E-state index contributed by atoms with van der Waals surface area (Å²) in [5.41, 5.74) is 2.41. The number of anilines is 2. The van der Waals surface area contributed by atoms with E-state index >= 15 is 0 Å². The summed E-state index contributed by atoms with van der Waals surface area (Å²) in [5, 5.41) is 2.96. The van der Waals surface area contributed by atoms with Gasteiger partial charge in [-0.3, -0.25) is 4.79 Å². The molecule has 1 amide bonds. The second kappa shape index (κ2) is 9.73. The number of aromatic nitrogens is 1. The van der Waals surface area contributed by atoms with E-state index in [1.807, 2.05) is 62.4 Å². The summed E-state index contributed by atoms with van der Waals surface area (Å²) >= 11 is 0. The molecule has 0 saturated carbocycles. The number of amides is 1. The molecular weight excluding hydrogens is 362 g/mol. The average Bonchev–Trinajstić information content (AvgIpc) is 2.74. The fourth-order valence-corrected chi connectivity index (χ4v) is 3.01. The van der Waals surface area contributed by atoms with Crippen molar-refractivity contribution >= 4 is 17.4 Å². The maximum atomic E-state index is 12.9. The van der Waals surface area contributed by atoms with Gasteiger partial charge in [-0.1, -0.05) is 42.5 Å². The van der Waals surface area contributed by atoms with Gasteiger partial charge in [-0.2, -0.15) is 0 Å². The van der Waals surface area contributed by atoms with Crippen molar-refractivity contribution in [3.8, 4) is 5.75 Å². The Kier molecular flexibility index (Phi) is 6.85. The number of nitrogens with one attached hydrogen (secondary N) is 1. The Bertz CT molecular complexity index is 942. The smallest absolute Gasteiger partial charge is 0.255 e. The van der Waals surface area contributed by atoms with Crippen molar-refractivity contribution in [3.63, 3.8) is 0 Å². The van der Waals surface area contributed by atoms with Gasteiger partial charge in [0.15, 0.2) is 0 Å². The van der Waals surface area contributed by atoms with E-state index in [0.29, 0.717) is 17.0 Å². The summed E-state index contributed by atoms with van der Waals surface area (Å²) in [7, 11) is 0. The third kappa shape index (κ3) is 5.57. The number of ether oxygens (including phenoxy) is 1. The highest BCUT2D eigenvalue weighted by Crippen LogP contribution is 2.26. The van der Waals surface area contributed by atoms with Crippen molar-refractivity contribution in [1.29, 1.82) is 0 Å². The molecule has 0 saturated heterocycles. The first-order valence-electron chi connectivity index (χ1n) is 9.88. The van der Waals surface area contributed by atoms with E-state index in [0.717, 1.165) is 18.9 Å². The standard InChI is InChI=1S/C24H27N3O2/c1-4-27(17-19-10-6-5-7-11-19)23-16-20(14-15-25-23)24(28)26-21-12-8-9-13-22(21)29-18(2)3/h5-16,18H,4,17H2,1-3H3,(H,26,28). The van der Waals surface area contributed by atoms with Crippen LogP contribution in [0, 0.1) is 0 Å². The zero-order chi connectivity index (χ0) is 20.6. The zero-order valence-electron chi connectivity index (χ0n) is 17.1. The Morgan fingerprint density at radius 1 is 1.07 bits per heavy atom. The summed E-state index contributed by atoms with van der Waals surface area (Å²) < 4.78 is 5.79. The van der Waals surface area contributed by atoms with Gasteiger partial charge in [-0.05, 0) is 50.6 Å². The van der Waals surface area contributed by atoms with Crippen molar-refractivity contribution in [2.45, 2.75) is 33.4 Å². The summed E-state index contributed by atoms with van der Waals surface area (Å²) in [4.78, 5) is 19.5. The molecule has 0 spiro atoms. The van der Waals surface area contributed by atoms with Gasteiger partial charge in [0.2, 0.25) is 0 Å². The van der Waals surface area contributed by atoms with Crippen LogP contribution in [0.4, 0.5) is 11.5 Å². The molecule has 3 rings (SSSR count). The van der Waals surface area contributed by atoms with Gasteiger partial charge >= 0.3 is 0 Å². The van der Waals surface area contributed by atoms with E-state index in [2.05, 4.69) is 34.3 Å². The molecule has 1 aromatic heterocycles. The fourth-order valence-electron chi connectivity index (χ4n) is 3.01. The van der Waals surface area contributed by atoms with Crippen LogP contribution in [0.3, 0.4) is 0 Å². The van der Waals surface area contributed by atoms with Crippen molar-refractivity contribution in [3.05, 3.63) is 84.1 Å². The first-order chi connectivity index (χ1) is 14.1. The minimum Gasteiger partial charge on any atom is -0.489 e. The number of pyridine rings is 1. The van der Waals surface area contributed by atoms with Crippen molar-refractivity contribution < 1.29 is 9.53 Å². The molecule has 0 radical (unpaired) electrons. The lowest BCUT2D eigenvalue weighted by atomic mass is 10.2. The fraction of sp³-hybridized carbons (Fsp3) is 0.250. The Balaban J connectivity index is 1.77. The second-order valence-corrected chi connectivity index (χ2v) is 7.02. The van der Waals surface area contributed by atoms with Gasteiger partial charge in [0.1, 0.15) is 11.6 Å². The first kappa shape index (κ1) is 20.4. The van der Waals surface area contributed by atoms with Gasteiger partial charge in [-0.15, -0.1) is 0 Å². The van der Waals surface area contributed by atoms with E-state index in [-0.39, 0.29) is 12.0 Å². The Morgan fingerprint density at radius 3 is 2.52 bits per heavy atom. The van der Waals surface area contributed by atoms with Crippen LogP contribution in [0.15, 0.2) is 72.9 Å². The predicted molar refractivity (Wildman–Crippen MR) is 118 cm³/mol. The highest BCUT2D eigenvalue weighted by Gasteiger charge is 2.14. The second-order valence-electron chi connectivity index (χ2n) is 7.02. The lowest BCUT2D eigenvalue weighted by Gasteiger charge is -2.22. The molecule has 2 aromatic carbocycles. The van der Waals surface area contributed by atoms with E-state index in [1.165, 1.54) is 5.56 Å². The number of hydrogen-bond donors (Lipinski definition) is 1. The maximum Gasteiger partial charge on any atom is 0.255 e. The molecule has 0 aliphatic rings. The van der Waals surface area contributed by atoms with Crippen LogP contribution in [-0.2, 0) is 6.54 Å². The van der Waals surface area contributed by atoms with Gasteiger partial charge in [0.25, 0.3) is 5.91 Å². The Morgan fingerprint density at radius 2 is 1.79 bits per heavy atom. The molecule has 0 atom stereocenters. The lowest BCUT2D eigenvalue weighted by molar-refractivity contribution is 0.102. The number of carbonyl (C=O) groups is 1. The number of hydrogen-bond acceptors (Lipinski definition) is 4. The van der Waals surface area contributed by atoms with Gasteiger partial charge in [-0.25, -0.2) is 4.98 Å². The predicted octanol–water partition coefficient (Wildman–Crippen LogP) is 5.15. The molecule has 5 heteroatoms. The van der Waals surface area contributed by atoms with Gasteiger partial charge in [0, 0.05) is 24.8 Å². The van der Waals surface area contributed by atoms with E-state index in [4.69, 9.17) is 4.74 Å². The molecule has 0 unspecified atom stereocenters. The molecule has 5 nitrogen and oxygen atoms in total. The molecule has 0 aliphatic carbocycles. The summed E-state index contributed by atoms with van der Waals surface area (Å²) in [5.74, 6) is 1.24. The minimum atomic E-state index is -0.191. The average molecular weight is 389 g/mol. The molecule has 0 bridgehead atoms. The summed E-state index contributed by atoms with van der Waals surface area (Å²) in [6, 6.07) is 21.2. The monoisotopic (exact) mass is 389 g/mol. The highest BCUT2D eigenvalue weighted by atomic mass is 16.5. The number of para-hydroxylation sites is 2. The van der Waals surface area contributed by atoms with Crippen LogP contribution < -0.4 is 15.0 Å². The Hall–Kier alpha value is -3.34. The van der Waals surface area contributed by atoms with Crippen LogP contribution >= 0.6 is 0 Å². The SMILES string of the molecule is CCN(Cc1ccccc1)c1cc(C(=O)Nc2ccccc2OC(C)C)ccn1. The molecule has 150 valence electrons. The normalized spacial score (nSPS) is 10.6. The lowest BCUT2D eigenvalue weighted by Crippen LogP contribution is -2.23. The zero-order valence-corrected chi connectivity index (χ0v) is 17.1. The van der Waals surface area contributed by atoms with Crippen molar-refractivity contribution in [2.75, 3.05) is 16.8 Å². The highest BCUT2D eigenvalue weighted by molar-refractivity contribution is 6.05. The van der Waals surface area contributed by atoms with Crippen molar-refractivity contribution in [1.82, 2.24) is 4.98 Å². The molecule has 1 N–H and O–H groups in total. The van der Waals surface area contributed by atoms with Crippen LogP contribution in [0.1, 0.15) is 36.7 Å². The topological polar surface area (TPSA) is 54.5 Å². The molecular formula is C24H27N3O2. The third-order valence-corrected chi connectivity index (χ3v) is 4.43. The first-order valence-corrected chi connectivity index (χ1v) is 9.88. The quantitative estimate of drug-likeness (QED) is 0.579. The minimum absolute atomic E-state index is 0.0247. The summed E-state index contributed by atoms with van der Waals surface area (Å²) in [6.45, 7) is 7.52. The van der Waals surface area contributed by atoms with Crippen molar-refractivity contribution in [2.24, 2.45) is 0 Å². The molecule has 3 aromatic rings. The van der Waals surface area contributed by atoms with Gasteiger partial charge < -0.3 is 15.0 Å². The third-order valence-electron chi connectivity index (χ3n) is 4.43. The molecule has 0 fully saturated rings. The van der Waals surface area contributed by atoms with E-state index in [1.54, 1.807) is 12.3 Å². The molecule has 1 heterocycles. The van der Waals surface area contributed by atoms with Crippen LogP contribution in [-0.4, -0.2) is 23.5 Å². The largest absolute Gasteiger partial charge is 0.489 e. The maximum absolute atomic E-state index is 12.9. The van der Waals surface area contributed by atoms with Gasteiger partial charge in [0.05, 0.1) is 11.8 Å². The van der Waals surface area contributed by atoms with Crippen LogP contribution in [0.5, 0.6) is 5.75 Å². The molecule has 0 aliphatic heterocycles. The Labute approximate surface area is 172 Å². The number of benzene rings is 2. The number of rotatable bonds is 8. The summed E-state index contributed by atoms with van der Waals surface area (Å²) in [6.07, 6.45) is 1.70.